The molecule has 2 rings (SSSR count). The Kier molecular flexibility index (Phi) is 3.89. The number of likely N-dealkylation sites (N-methyl/N-ethyl adjacent to an activating group) is 1. The molecule has 2 aromatic rings. The van der Waals surface area contributed by atoms with E-state index in [1.54, 1.807) is 11.7 Å². The van der Waals surface area contributed by atoms with Crippen molar-refractivity contribution < 1.29 is 14.6 Å². The van der Waals surface area contributed by atoms with E-state index < -0.39 is 5.97 Å². The molecule has 0 spiro atoms. The second-order valence-corrected chi connectivity index (χ2v) is 4.87. The van der Waals surface area contributed by atoms with Gasteiger partial charge in [0.15, 0.2) is 5.65 Å². The fourth-order valence-electron chi connectivity index (χ4n) is 2.01. The molecule has 0 aliphatic heterocycles. The van der Waals surface area contributed by atoms with E-state index in [0.717, 1.165) is 0 Å². The zero-order valence-electron chi connectivity index (χ0n) is 12.0. The topological polar surface area (TPSA) is 80.5 Å². The summed E-state index contributed by atoms with van der Waals surface area (Å²) >= 11 is 0. The van der Waals surface area contributed by atoms with E-state index in [1.807, 2.05) is 25.9 Å². The first-order valence-electron chi connectivity index (χ1n) is 6.25. The second kappa shape index (κ2) is 5.46. The molecule has 7 heteroatoms. The molecule has 7 nitrogen and oxygen atoms in total. The van der Waals surface area contributed by atoms with E-state index in [2.05, 4.69) is 10.1 Å². The lowest BCUT2D eigenvalue weighted by molar-refractivity contribution is 0.0692. The SMILES string of the molecule is Cc1nn(C)c2ncc(C(=O)O)c(OCCN(C)C)c12. The van der Waals surface area contributed by atoms with Gasteiger partial charge in [0, 0.05) is 19.8 Å². The molecule has 0 unspecified atom stereocenters. The minimum absolute atomic E-state index is 0.0624. The van der Waals surface area contributed by atoms with Crippen molar-refractivity contribution >= 4 is 17.0 Å². The highest BCUT2D eigenvalue weighted by molar-refractivity contribution is 5.98. The average Bonchev–Trinajstić information content (AvgIpc) is 2.64. The molecular weight excluding hydrogens is 260 g/mol. The number of carbonyl (C=O) groups is 1. The van der Waals surface area contributed by atoms with Crippen LogP contribution in [0.3, 0.4) is 0 Å². The Bertz CT molecular complexity index is 649. The summed E-state index contributed by atoms with van der Waals surface area (Å²) in [6, 6.07) is 0. The predicted molar refractivity (Wildman–Crippen MR) is 74.3 cm³/mol. The van der Waals surface area contributed by atoms with Crippen molar-refractivity contribution in [1.82, 2.24) is 19.7 Å². The standard InChI is InChI=1S/C13H18N4O3/c1-8-10-11(20-6-5-16(2)3)9(13(18)19)7-14-12(10)17(4)15-8/h7H,5-6H2,1-4H3,(H,18,19). The van der Waals surface area contributed by atoms with E-state index >= 15 is 0 Å². The van der Waals surface area contributed by atoms with Gasteiger partial charge in [0.05, 0.1) is 11.1 Å². The first kappa shape index (κ1) is 14.3. The molecule has 108 valence electrons. The van der Waals surface area contributed by atoms with Crippen molar-refractivity contribution in [2.75, 3.05) is 27.2 Å². The van der Waals surface area contributed by atoms with Crippen molar-refractivity contribution in [2.45, 2.75) is 6.92 Å². The third-order valence-electron chi connectivity index (χ3n) is 2.99. The van der Waals surface area contributed by atoms with Crippen LogP contribution < -0.4 is 4.74 Å². The van der Waals surface area contributed by atoms with Gasteiger partial charge in [-0.25, -0.2) is 9.78 Å². The van der Waals surface area contributed by atoms with Crippen molar-refractivity contribution in [3.05, 3.63) is 17.5 Å². The molecule has 0 atom stereocenters. The molecule has 0 aliphatic carbocycles. The van der Waals surface area contributed by atoms with Crippen LogP contribution >= 0.6 is 0 Å². The van der Waals surface area contributed by atoms with Gasteiger partial charge in [0.1, 0.15) is 17.9 Å². The van der Waals surface area contributed by atoms with E-state index in [0.29, 0.717) is 35.6 Å². The van der Waals surface area contributed by atoms with Gasteiger partial charge in [-0.05, 0) is 21.0 Å². The van der Waals surface area contributed by atoms with Crippen LogP contribution in [0.5, 0.6) is 5.75 Å². The highest BCUT2D eigenvalue weighted by Gasteiger charge is 2.20. The lowest BCUT2D eigenvalue weighted by Crippen LogP contribution is -2.20. The average molecular weight is 278 g/mol. The number of pyridine rings is 1. The lowest BCUT2D eigenvalue weighted by Gasteiger charge is -2.13. The van der Waals surface area contributed by atoms with E-state index in [9.17, 15) is 9.90 Å². The number of ether oxygens (including phenoxy) is 1. The molecule has 2 heterocycles. The summed E-state index contributed by atoms with van der Waals surface area (Å²) in [4.78, 5) is 17.4. The Hall–Kier alpha value is -2.15. The normalized spacial score (nSPS) is 11.2. The monoisotopic (exact) mass is 278 g/mol. The van der Waals surface area contributed by atoms with Gasteiger partial charge in [-0.1, -0.05) is 0 Å². The number of carboxylic acids is 1. The van der Waals surface area contributed by atoms with Crippen molar-refractivity contribution in [2.24, 2.45) is 7.05 Å². The van der Waals surface area contributed by atoms with Crippen LogP contribution in [0, 0.1) is 6.92 Å². The Balaban J connectivity index is 2.51. The Morgan fingerprint density at radius 2 is 2.20 bits per heavy atom. The highest BCUT2D eigenvalue weighted by atomic mass is 16.5. The minimum atomic E-state index is -1.05. The number of aryl methyl sites for hydroxylation is 2. The lowest BCUT2D eigenvalue weighted by atomic mass is 10.2. The summed E-state index contributed by atoms with van der Waals surface area (Å²) in [7, 11) is 5.63. The summed E-state index contributed by atoms with van der Waals surface area (Å²) in [5, 5.41) is 14.2. The predicted octanol–water partition coefficient (Wildman–Crippen LogP) is 0.915. The minimum Gasteiger partial charge on any atom is -0.490 e. The maximum atomic E-state index is 11.3. The number of carboxylic acid groups (broad SMARTS) is 1. The van der Waals surface area contributed by atoms with Crippen LogP contribution in [0.25, 0.3) is 11.0 Å². The summed E-state index contributed by atoms with van der Waals surface area (Å²) in [5.74, 6) is -0.711. The highest BCUT2D eigenvalue weighted by Crippen LogP contribution is 2.30. The molecule has 20 heavy (non-hydrogen) atoms. The molecule has 0 bridgehead atoms. The van der Waals surface area contributed by atoms with Gasteiger partial charge in [-0.3, -0.25) is 4.68 Å². The number of aromatic nitrogens is 3. The summed E-state index contributed by atoms with van der Waals surface area (Å²) < 4.78 is 7.32. The van der Waals surface area contributed by atoms with Gasteiger partial charge in [0.2, 0.25) is 0 Å². The first-order chi connectivity index (χ1) is 9.41. The van der Waals surface area contributed by atoms with Crippen LogP contribution in [0.15, 0.2) is 6.20 Å². The van der Waals surface area contributed by atoms with Crippen LogP contribution in [-0.2, 0) is 7.05 Å². The molecule has 0 amide bonds. The molecular formula is C13H18N4O3. The zero-order valence-corrected chi connectivity index (χ0v) is 12.0. The third kappa shape index (κ3) is 2.57. The largest absolute Gasteiger partial charge is 0.490 e. The number of hydrogen-bond donors (Lipinski definition) is 1. The Labute approximate surface area is 116 Å². The van der Waals surface area contributed by atoms with Gasteiger partial charge in [-0.2, -0.15) is 5.10 Å². The molecule has 0 saturated heterocycles. The quantitative estimate of drug-likeness (QED) is 0.875. The van der Waals surface area contributed by atoms with Crippen LogP contribution in [0.1, 0.15) is 16.1 Å². The molecule has 2 aromatic heterocycles. The first-order valence-corrected chi connectivity index (χ1v) is 6.25. The molecule has 0 aliphatic rings. The van der Waals surface area contributed by atoms with Crippen LogP contribution in [0.4, 0.5) is 0 Å². The second-order valence-electron chi connectivity index (χ2n) is 4.87. The van der Waals surface area contributed by atoms with Crippen LogP contribution in [-0.4, -0.2) is 58.0 Å². The Morgan fingerprint density at radius 1 is 1.50 bits per heavy atom. The maximum absolute atomic E-state index is 11.3. The molecule has 0 fully saturated rings. The number of fused-ring (bicyclic) bond motifs is 1. The summed E-state index contributed by atoms with van der Waals surface area (Å²) in [6.07, 6.45) is 1.32. The molecule has 0 radical (unpaired) electrons. The van der Waals surface area contributed by atoms with Crippen molar-refractivity contribution in [1.29, 1.82) is 0 Å². The number of hydrogen-bond acceptors (Lipinski definition) is 5. The van der Waals surface area contributed by atoms with E-state index in [4.69, 9.17) is 4.74 Å². The van der Waals surface area contributed by atoms with E-state index in [-0.39, 0.29) is 5.56 Å². The van der Waals surface area contributed by atoms with Gasteiger partial charge >= 0.3 is 5.97 Å². The molecule has 0 aromatic carbocycles. The van der Waals surface area contributed by atoms with Gasteiger partial charge in [0.25, 0.3) is 0 Å². The number of nitrogens with zero attached hydrogens (tertiary/aromatic N) is 4. The smallest absolute Gasteiger partial charge is 0.341 e. The summed E-state index contributed by atoms with van der Waals surface area (Å²) in [5.41, 5.74) is 1.39. The maximum Gasteiger partial charge on any atom is 0.341 e. The Morgan fingerprint density at radius 3 is 2.80 bits per heavy atom. The summed E-state index contributed by atoms with van der Waals surface area (Å²) in [6.45, 7) is 2.91. The fraction of sp³-hybridized carbons (Fsp3) is 0.462. The molecule has 0 saturated carbocycles. The molecule has 1 N–H and O–H groups in total. The van der Waals surface area contributed by atoms with Crippen molar-refractivity contribution in [3.63, 3.8) is 0 Å². The zero-order chi connectivity index (χ0) is 14.9. The van der Waals surface area contributed by atoms with Gasteiger partial charge < -0.3 is 14.7 Å². The number of rotatable bonds is 5. The van der Waals surface area contributed by atoms with Gasteiger partial charge in [-0.15, -0.1) is 0 Å². The van der Waals surface area contributed by atoms with Crippen molar-refractivity contribution in [3.8, 4) is 5.75 Å². The number of aromatic carboxylic acids is 1. The van der Waals surface area contributed by atoms with E-state index in [1.165, 1.54) is 6.20 Å². The van der Waals surface area contributed by atoms with Crippen LogP contribution in [0.2, 0.25) is 0 Å². The third-order valence-corrected chi connectivity index (χ3v) is 2.99. The fourth-order valence-corrected chi connectivity index (χ4v) is 2.01.